The predicted octanol–water partition coefficient (Wildman–Crippen LogP) is 3.00. The third-order valence-electron chi connectivity index (χ3n) is 3.56. The summed E-state index contributed by atoms with van der Waals surface area (Å²) in [6, 6.07) is 20.6. The van der Waals surface area contributed by atoms with E-state index in [0.717, 1.165) is 16.9 Å². The Balaban J connectivity index is 2.03. The Morgan fingerprint density at radius 3 is 2.56 bits per heavy atom. The van der Waals surface area contributed by atoms with Gasteiger partial charge in [0.2, 0.25) is 0 Å². The van der Waals surface area contributed by atoms with Gasteiger partial charge in [-0.25, -0.2) is 4.68 Å². The fraction of sp³-hybridized carbons (Fsp3) is 0.105. The monoisotopic (exact) mass is 332 g/mol. The van der Waals surface area contributed by atoms with Crippen LogP contribution in [0.3, 0.4) is 0 Å². The number of hydrogen-bond acceptors (Lipinski definition) is 4. The summed E-state index contributed by atoms with van der Waals surface area (Å²) in [6.45, 7) is -0.0424. The Labute approximate surface area is 145 Å². The van der Waals surface area contributed by atoms with E-state index in [0.29, 0.717) is 11.4 Å². The summed E-state index contributed by atoms with van der Waals surface area (Å²) in [5, 5.41) is 16.3. The van der Waals surface area contributed by atoms with Crippen LogP contribution in [0.1, 0.15) is 5.56 Å². The van der Waals surface area contributed by atoms with Crippen molar-refractivity contribution in [2.75, 3.05) is 19.0 Å². The topological polar surface area (TPSA) is 79.9 Å². The molecule has 0 unspecified atom stereocenters. The largest absolute Gasteiger partial charge is 0.375 e. The van der Waals surface area contributed by atoms with Crippen LogP contribution in [0.15, 0.2) is 60.7 Å². The third kappa shape index (κ3) is 3.74. The van der Waals surface area contributed by atoms with Gasteiger partial charge in [0, 0.05) is 18.7 Å². The highest BCUT2D eigenvalue weighted by Gasteiger charge is 2.13. The van der Waals surface area contributed by atoms with Gasteiger partial charge in [-0.1, -0.05) is 30.3 Å². The van der Waals surface area contributed by atoms with E-state index in [1.807, 2.05) is 30.3 Å². The average Bonchev–Trinajstić information content (AvgIpc) is 3.06. The van der Waals surface area contributed by atoms with E-state index < -0.39 is 0 Å². The molecule has 0 bridgehead atoms. The molecule has 1 N–H and O–H groups in total. The first-order chi connectivity index (χ1) is 12.2. The Hall–Kier alpha value is -3.43. The lowest BCUT2D eigenvalue weighted by molar-refractivity contribution is -0.119. The van der Waals surface area contributed by atoms with Crippen molar-refractivity contribution in [1.82, 2.24) is 9.78 Å². The smallest absolute Gasteiger partial charge is 0.251 e. The van der Waals surface area contributed by atoms with Gasteiger partial charge in [0.05, 0.1) is 23.0 Å². The number of carbonyl (C=O) groups excluding carboxylic acids is 1. The second-order valence-corrected chi connectivity index (χ2v) is 5.33. The predicted molar refractivity (Wildman–Crippen MR) is 94.2 cm³/mol. The lowest BCUT2D eigenvalue weighted by atomic mass is 10.2. The number of nitrogens with one attached hydrogen (secondary N) is 1. The van der Waals surface area contributed by atoms with Crippen molar-refractivity contribution < 1.29 is 9.53 Å². The number of carbonyl (C=O) groups is 1. The van der Waals surface area contributed by atoms with E-state index in [9.17, 15) is 4.79 Å². The summed E-state index contributed by atoms with van der Waals surface area (Å²) in [6.07, 6.45) is 0. The van der Waals surface area contributed by atoms with Crippen LogP contribution in [0, 0.1) is 11.3 Å². The Bertz CT molecular complexity index is 909. The Morgan fingerprint density at radius 1 is 1.20 bits per heavy atom. The molecule has 25 heavy (non-hydrogen) atoms. The second kappa shape index (κ2) is 7.43. The van der Waals surface area contributed by atoms with Crippen molar-refractivity contribution in [1.29, 1.82) is 5.26 Å². The van der Waals surface area contributed by atoms with Gasteiger partial charge in [-0.15, -0.1) is 0 Å². The Morgan fingerprint density at radius 2 is 1.92 bits per heavy atom. The molecule has 3 rings (SSSR count). The van der Waals surface area contributed by atoms with Gasteiger partial charge < -0.3 is 10.1 Å². The zero-order chi connectivity index (χ0) is 17.6. The summed E-state index contributed by atoms with van der Waals surface area (Å²) in [5.74, 6) is 0.266. The SMILES string of the molecule is COCC(=O)Nc1cc(-c2ccccc2)nn1-c1ccc(C#N)cc1. The van der Waals surface area contributed by atoms with Crippen molar-refractivity contribution in [2.45, 2.75) is 0 Å². The van der Waals surface area contributed by atoms with Crippen molar-refractivity contribution in [2.24, 2.45) is 0 Å². The minimum absolute atomic E-state index is 0.0424. The maximum absolute atomic E-state index is 11.9. The first kappa shape index (κ1) is 16.4. The molecule has 0 aliphatic rings. The lowest BCUT2D eigenvalue weighted by Gasteiger charge is -2.08. The fourth-order valence-corrected chi connectivity index (χ4v) is 2.40. The molecule has 3 aromatic rings. The highest BCUT2D eigenvalue weighted by molar-refractivity contribution is 5.91. The molecule has 1 aromatic heterocycles. The molecule has 0 atom stereocenters. The number of amides is 1. The average molecular weight is 332 g/mol. The maximum atomic E-state index is 11.9. The Kier molecular flexibility index (Phi) is 4.88. The van der Waals surface area contributed by atoms with Crippen LogP contribution in [-0.2, 0) is 9.53 Å². The van der Waals surface area contributed by atoms with Crippen LogP contribution < -0.4 is 5.32 Å². The maximum Gasteiger partial charge on any atom is 0.251 e. The summed E-state index contributed by atoms with van der Waals surface area (Å²) >= 11 is 0. The number of anilines is 1. The van der Waals surface area contributed by atoms with Gasteiger partial charge in [0.25, 0.3) is 5.91 Å². The normalized spacial score (nSPS) is 10.2. The summed E-state index contributed by atoms with van der Waals surface area (Å²) in [4.78, 5) is 11.9. The first-order valence-electron chi connectivity index (χ1n) is 7.66. The molecule has 1 heterocycles. The van der Waals surface area contributed by atoms with Gasteiger partial charge in [-0.05, 0) is 24.3 Å². The zero-order valence-electron chi connectivity index (χ0n) is 13.6. The molecule has 0 saturated heterocycles. The number of hydrogen-bond donors (Lipinski definition) is 1. The number of rotatable bonds is 5. The van der Waals surface area contributed by atoms with Crippen LogP contribution in [0.2, 0.25) is 0 Å². The molecular weight excluding hydrogens is 316 g/mol. The van der Waals surface area contributed by atoms with Crippen molar-refractivity contribution in [3.63, 3.8) is 0 Å². The minimum Gasteiger partial charge on any atom is -0.375 e. The van der Waals surface area contributed by atoms with E-state index in [1.54, 1.807) is 35.0 Å². The molecule has 0 spiro atoms. The van der Waals surface area contributed by atoms with Crippen LogP contribution >= 0.6 is 0 Å². The minimum atomic E-state index is -0.267. The molecule has 2 aromatic carbocycles. The van der Waals surface area contributed by atoms with Crippen LogP contribution in [0.25, 0.3) is 16.9 Å². The van der Waals surface area contributed by atoms with Crippen molar-refractivity contribution >= 4 is 11.7 Å². The standard InChI is InChI=1S/C19H16N4O2/c1-25-13-19(24)21-18-11-17(15-5-3-2-4-6-15)22-23(18)16-9-7-14(12-20)8-10-16/h2-11H,13H2,1H3,(H,21,24). The molecule has 1 amide bonds. The number of aromatic nitrogens is 2. The van der Waals surface area contributed by atoms with Crippen molar-refractivity contribution in [3.8, 4) is 23.0 Å². The van der Waals surface area contributed by atoms with E-state index in [4.69, 9.17) is 10.00 Å². The van der Waals surface area contributed by atoms with Crippen LogP contribution in [0.4, 0.5) is 5.82 Å². The quantitative estimate of drug-likeness (QED) is 0.779. The molecule has 0 saturated carbocycles. The molecule has 0 radical (unpaired) electrons. The third-order valence-corrected chi connectivity index (χ3v) is 3.56. The molecule has 124 valence electrons. The number of ether oxygens (including phenoxy) is 1. The number of benzene rings is 2. The molecule has 6 heteroatoms. The summed E-state index contributed by atoms with van der Waals surface area (Å²) in [5.41, 5.74) is 2.98. The summed E-state index contributed by atoms with van der Waals surface area (Å²) in [7, 11) is 1.47. The fourth-order valence-electron chi connectivity index (χ4n) is 2.40. The zero-order valence-corrected chi connectivity index (χ0v) is 13.6. The second-order valence-electron chi connectivity index (χ2n) is 5.33. The van der Waals surface area contributed by atoms with E-state index in [2.05, 4.69) is 16.5 Å². The van der Waals surface area contributed by atoms with Crippen LogP contribution in [-0.4, -0.2) is 29.4 Å². The van der Waals surface area contributed by atoms with Crippen molar-refractivity contribution in [3.05, 3.63) is 66.2 Å². The van der Waals surface area contributed by atoms with Gasteiger partial charge in [0.15, 0.2) is 0 Å². The van der Waals surface area contributed by atoms with E-state index in [1.165, 1.54) is 7.11 Å². The van der Waals surface area contributed by atoms with E-state index >= 15 is 0 Å². The van der Waals surface area contributed by atoms with E-state index in [-0.39, 0.29) is 12.5 Å². The molecule has 6 nitrogen and oxygen atoms in total. The molecule has 0 aliphatic carbocycles. The molecule has 0 aliphatic heterocycles. The van der Waals surface area contributed by atoms with Crippen LogP contribution in [0.5, 0.6) is 0 Å². The van der Waals surface area contributed by atoms with Gasteiger partial charge in [-0.2, -0.15) is 10.4 Å². The van der Waals surface area contributed by atoms with Gasteiger partial charge in [-0.3, -0.25) is 4.79 Å². The molecule has 0 fully saturated rings. The first-order valence-corrected chi connectivity index (χ1v) is 7.66. The number of nitrogens with zero attached hydrogens (tertiary/aromatic N) is 3. The summed E-state index contributed by atoms with van der Waals surface area (Å²) < 4.78 is 6.50. The van der Waals surface area contributed by atoms with Gasteiger partial charge >= 0.3 is 0 Å². The highest BCUT2D eigenvalue weighted by Crippen LogP contribution is 2.24. The van der Waals surface area contributed by atoms with Gasteiger partial charge in [0.1, 0.15) is 12.4 Å². The number of methoxy groups -OCH3 is 1. The lowest BCUT2D eigenvalue weighted by Crippen LogP contribution is -2.19. The molecular formula is C19H16N4O2. The number of nitriles is 1. The highest BCUT2D eigenvalue weighted by atomic mass is 16.5.